The fourth-order valence-electron chi connectivity index (χ4n) is 2.53. The van der Waals surface area contributed by atoms with Gasteiger partial charge < -0.3 is 10.3 Å². The van der Waals surface area contributed by atoms with E-state index in [9.17, 15) is 0 Å². The van der Waals surface area contributed by atoms with Gasteiger partial charge in [-0.1, -0.05) is 42.5 Å². The van der Waals surface area contributed by atoms with Gasteiger partial charge >= 0.3 is 0 Å². The number of fused-ring (bicyclic) bond motifs is 1. The maximum absolute atomic E-state index is 6.28. The zero-order valence-corrected chi connectivity index (χ0v) is 11.0. The standard InChI is InChI=1S/C16H17N3/c1-19-10-9-18-16(19)15(17)11-13-7-4-6-12-5-2-3-8-14(12)13/h2-10,15H,11,17H2,1H3. The molecule has 0 spiro atoms. The molecule has 0 radical (unpaired) electrons. The highest BCUT2D eigenvalue weighted by atomic mass is 15.1. The summed E-state index contributed by atoms with van der Waals surface area (Å²) in [7, 11) is 1.98. The third-order valence-electron chi connectivity index (χ3n) is 3.51. The van der Waals surface area contributed by atoms with E-state index in [2.05, 4.69) is 47.4 Å². The predicted octanol–water partition coefficient (Wildman–Crippen LogP) is 2.82. The van der Waals surface area contributed by atoms with Crippen LogP contribution in [0.25, 0.3) is 10.8 Å². The molecule has 1 unspecified atom stereocenters. The minimum atomic E-state index is -0.0780. The number of nitrogens with zero attached hydrogens (tertiary/aromatic N) is 2. The molecule has 0 aliphatic rings. The third kappa shape index (κ3) is 2.25. The predicted molar refractivity (Wildman–Crippen MR) is 77.8 cm³/mol. The van der Waals surface area contributed by atoms with Crippen molar-refractivity contribution in [2.45, 2.75) is 12.5 Å². The topological polar surface area (TPSA) is 43.8 Å². The molecule has 0 aliphatic carbocycles. The number of aryl methyl sites for hydroxylation is 1. The van der Waals surface area contributed by atoms with E-state index in [1.165, 1.54) is 16.3 Å². The summed E-state index contributed by atoms with van der Waals surface area (Å²) in [5, 5.41) is 2.53. The molecule has 1 atom stereocenters. The molecular formula is C16H17N3. The van der Waals surface area contributed by atoms with Gasteiger partial charge in [0.05, 0.1) is 6.04 Å². The molecule has 3 nitrogen and oxygen atoms in total. The number of hydrogen-bond acceptors (Lipinski definition) is 2. The van der Waals surface area contributed by atoms with E-state index in [1.807, 2.05) is 17.8 Å². The summed E-state index contributed by atoms with van der Waals surface area (Å²) in [5.41, 5.74) is 7.55. The number of benzene rings is 2. The molecule has 0 aliphatic heterocycles. The van der Waals surface area contributed by atoms with Crippen molar-refractivity contribution in [1.82, 2.24) is 9.55 Å². The molecule has 0 amide bonds. The highest BCUT2D eigenvalue weighted by Crippen LogP contribution is 2.22. The Hall–Kier alpha value is -2.13. The van der Waals surface area contributed by atoms with Gasteiger partial charge in [0.15, 0.2) is 0 Å². The zero-order chi connectivity index (χ0) is 13.2. The Labute approximate surface area is 112 Å². The van der Waals surface area contributed by atoms with Crippen LogP contribution in [0, 0.1) is 0 Å². The first-order valence-corrected chi connectivity index (χ1v) is 6.45. The van der Waals surface area contributed by atoms with Crippen molar-refractivity contribution in [2.24, 2.45) is 12.8 Å². The Balaban J connectivity index is 1.96. The van der Waals surface area contributed by atoms with Gasteiger partial charge in [-0.3, -0.25) is 0 Å². The van der Waals surface area contributed by atoms with E-state index < -0.39 is 0 Å². The third-order valence-corrected chi connectivity index (χ3v) is 3.51. The lowest BCUT2D eigenvalue weighted by Gasteiger charge is -2.13. The minimum absolute atomic E-state index is 0.0780. The second-order valence-corrected chi connectivity index (χ2v) is 4.85. The van der Waals surface area contributed by atoms with Gasteiger partial charge in [-0.25, -0.2) is 4.98 Å². The molecule has 0 saturated heterocycles. The van der Waals surface area contributed by atoms with Gasteiger partial charge in [0.25, 0.3) is 0 Å². The smallest absolute Gasteiger partial charge is 0.125 e. The lowest BCUT2D eigenvalue weighted by molar-refractivity contribution is 0.634. The fraction of sp³-hybridized carbons (Fsp3) is 0.188. The van der Waals surface area contributed by atoms with Gasteiger partial charge in [0.2, 0.25) is 0 Å². The average Bonchev–Trinajstić information content (AvgIpc) is 2.85. The lowest BCUT2D eigenvalue weighted by atomic mass is 9.99. The van der Waals surface area contributed by atoms with Crippen molar-refractivity contribution in [3.63, 3.8) is 0 Å². The Morgan fingerprint density at radius 2 is 1.95 bits per heavy atom. The fourth-order valence-corrected chi connectivity index (χ4v) is 2.53. The molecule has 3 rings (SSSR count). The van der Waals surface area contributed by atoms with Gasteiger partial charge in [-0.05, 0) is 22.8 Å². The van der Waals surface area contributed by atoms with E-state index in [1.54, 1.807) is 6.20 Å². The Bertz CT molecular complexity index is 695. The molecule has 96 valence electrons. The molecule has 3 aromatic rings. The summed E-state index contributed by atoms with van der Waals surface area (Å²) in [6.07, 6.45) is 4.52. The van der Waals surface area contributed by atoms with Crippen molar-refractivity contribution in [3.8, 4) is 0 Å². The first-order chi connectivity index (χ1) is 9.25. The van der Waals surface area contributed by atoms with Gasteiger partial charge in [-0.15, -0.1) is 0 Å². The second kappa shape index (κ2) is 4.86. The molecule has 19 heavy (non-hydrogen) atoms. The maximum Gasteiger partial charge on any atom is 0.125 e. The molecule has 1 aromatic heterocycles. The van der Waals surface area contributed by atoms with Crippen LogP contribution in [0.1, 0.15) is 17.4 Å². The largest absolute Gasteiger partial charge is 0.337 e. The monoisotopic (exact) mass is 251 g/mol. The summed E-state index contributed by atoms with van der Waals surface area (Å²) in [5.74, 6) is 0.924. The molecule has 0 saturated carbocycles. The van der Waals surface area contributed by atoms with Crippen molar-refractivity contribution in [3.05, 3.63) is 66.2 Å². The summed E-state index contributed by atoms with van der Waals surface area (Å²) in [6, 6.07) is 14.7. The van der Waals surface area contributed by atoms with E-state index in [4.69, 9.17) is 5.73 Å². The van der Waals surface area contributed by atoms with Crippen molar-refractivity contribution >= 4 is 10.8 Å². The van der Waals surface area contributed by atoms with Crippen LogP contribution in [0.15, 0.2) is 54.9 Å². The highest BCUT2D eigenvalue weighted by molar-refractivity contribution is 5.85. The maximum atomic E-state index is 6.28. The van der Waals surface area contributed by atoms with Crippen LogP contribution in [0.2, 0.25) is 0 Å². The number of imidazole rings is 1. The van der Waals surface area contributed by atoms with Crippen molar-refractivity contribution in [1.29, 1.82) is 0 Å². The van der Waals surface area contributed by atoms with Gasteiger partial charge in [0.1, 0.15) is 5.82 Å². The zero-order valence-electron chi connectivity index (χ0n) is 11.0. The van der Waals surface area contributed by atoms with Crippen LogP contribution >= 0.6 is 0 Å². The summed E-state index contributed by atoms with van der Waals surface area (Å²) in [6.45, 7) is 0. The SMILES string of the molecule is Cn1ccnc1C(N)Cc1cccc2ccccc12. The van der Waals surface area contributed by atoms with Crippen LogP contribution in [0.5, 0.6) is 0 Å². The first-order valence-electron chi connectivity index (χ1n) is 6.45. The number of aromatic nitrogens is 2. The van der Waals surface area contributed by atoms with Crippen LogP contribution in [0.3, 0.4) is 0 Å². The molecule has 2 aromatic carbocycles. The first kappa shape index (κ1) is 11.9. The van der Waals surface area contributed by atoms with Crippen LogP contribution in [0.4, 0.5) is 0 Å². The number of rotatable bonds is 3. The molecular weight excluding hydrogens is 234 g/mol. The van der Waals surface area contributed by atoms with Crippen LogP contribution in [-0.4, -0.2) is 9.55 Å². The number of nitrogens with two attached hydrogens (primary N) is 1. The normalized spacial score (nSPS) is 12.7. The molecule has 1 heterocycles. The molecule has 3 heteroatoms. The quantitative estimate of drug-likeness (QED) is 0.778. The van der Waals surface area contributed by atoms with E-state index in [0.29, 0.717) is 0 Å². The van der Waals surface area contributed by atoms with E-state index in [-0.39, 0.29) is 6.04 Å². The van der Waals surface area contributed by atoms with Crippen molar-refractivity contribution < 1.29 is 0 Å². The molecule has 2 N–H and O–H groups in total. The lowest BCUT2D eigenvalue weighted by Crippen LogP contribution is -2.17. The van der Waals surface area contributed by atoms with Gasteiger partial charge in [-0.2, -0.15) is 0 Å². The second-order valence-electron chi connectivity index (χ2n) is 4.85. The van der Waals surface area contributed by atoms with E-state index >= 15 is 0 Å². The summed E-state index contributed by atoms with van der Waals surface area (Å²) < 4.78 is 1.98. The Morgan fingerprint density at radius 3 is 2.74 bits per heavy atom. The highest BCUT2D eigenvalue weighted by Gasteiger charge is 2.12. The summed E-state index contributed by atoms with van der Waals surface area (Å²) >= 11 is 0. The summed E-state index contributed by atoms with van der Waals surface area (Å²) in [4.78, 5) is 4.33. The average molecular weight is 251 g/mol. The molecule has 0 bridgehead atoms. The Kier molecular flexibility index (Phi) is 3.05. The van der Waals surface area contributed by atoms with Crippen LogP contribution < -0.4 is 5.73 Å². The van der Waals surface area contributed by atoms with Gasteiger partial charge in [0, 0.05) is 19.4 Å². The van der Waals surface area contributed by atoms with Crippen LogP contribution in [-0.2, 0) is 13.5 Å². The van der Waals surface area contributed by atoms with Crippen molar-refractivity contribution in [2.75, 3.05) is 0 Å². The van der Waals surface area contributed by atoms with E-state index in [0.717, 1.165) is 12.2 Å². The molecule has 0 fully saturated rings. The number of hydrogen-bond donors (Lipinski definition) is 1. The minimum Gasteiger partial charge on any atom is -0.337 e. The Morgan fingerprint density at radius 1 is 1.16 bits per heavy atom.